The molecule has 3 aromatic rings. The summed E-state index contributed by atoms with van der Waals surface area (Å²) in [6.45, 7) is 2.75. The Labute approximate surface area is 134 Å². The second kappa shape index (κ2) is 6.48. The van der Waals surface area contributed by atoms with Crippen molar-refractivity contribution in [3.8, 4) is 0 Å². The van der Waals surface area contributed by atoms with Gasteiger partial charge in [-0.15, -0.1) is 0 Å². The van der Waals surface area contributed by atoms with Crippen molar-refractivity contribution in [2.24, 2.45) is 0 Å². The molecule has 116 valence electrons. The summed E-state index contributed by atoms with van der Waals surface area (Å²) in [5.41, 5.74) is 1.23. The monoisotopic (exact) mass is 306 g/mol. The average molecular weight is 306 g/mol. The molecule has 1 aromatic heterocycles. The maximum atomic E-state index is 12.8. The molecule has 0 saturated carbocycles. The first-order valence-electron chi connectivity index (χ1n) is 7.65. The van der Waals surface area contributed by atoms with Crippen LogP contribution in [-0.2, 0) is 6.54 Å². The molecule has 0 saturated heterocycles. The Kier molecular flexibility index (Phi) is 4.24. The number of pyridine rings is 1. The van der Waals surface area contributed by atoms with Crippen LogP contribution in [0.25, 0.3) is 10.8 Å². The van der Waals surface area contributed by atoms with Gasteiger partial charge in [-0.2, -0.15) is 0 Å². The molecule has 0 aliphatic heterocycles. The number of nitrogens with zero attached hydrogens (tertiary/aromatic N) is 1. The fraction of sp³-hybridized carbons (Fsp3) is 0.158. The topological polar surface area (TPSA) is 51.1 Å². The molecule has 0 bridgehead atoms. The van der Waals surface area contributed by atoms with Crippen molar-refractivity contribution in [1.82, 2.24) is 9.88 Å². The molecule has 0 aliphatic carbocycles. The first-order valence-corrected chi connectivity index (χ1v) is 7.65. The molecular formula is C19H18N2O2. The van der Waals surface area contributed by atoms with Crippen LogP contribution < -0.4 is 10.9 Å². The Balaban J connectivity index is 2.20. The highest BCUT2D eigenvalue weighted by molar-refractivity contribution is 5.96. The summed E-state index contributed by atoms with van der Waals surface area (Å²) < 4.78 is 1.54. The van der Waals surface area contributed by atoms with Crippen LogP contribution in [-0.4, -0.2) is 17.0 Å². The van der Waals surface area contributed by atoms with Gasteiger partial charge in [0.15, 0.2) is 0 Å². The van der Waals surface area contributed by atoms with Crippen LogP contribution in [0.3, 0.4) is 0 Å². The molecule has 1 amide bonds. The Morgan fingerprint density at radius 2 is 1.74 bits per heavy atom. The van der Waals surface area contributed by atoms with E-state index in [9.17, 15) is 9.59 Å². The zero-order valence-electron chi connectivity index (χ0n) is 13.0. The van der Waals surface area contributed by atoms with Gasteiger partial charge in [-0.05, 0) is 30.0 Å². The first-order chi connectivity index (χ1) is 11.2. The highest BCUT2D eigenvalue weighted by Crippen LogP contribution is 2.13. The first kappa shape index (κ1) is 15.0. The van der Waals surface area contributed by atoms with Gasteiger partial charge in [0, 0.05) is 11.9 Å². The van der Waals surface area contributed by atoms with E-state index in [0.29, 0.717) is 24.2 Å². The van der Waals surface area contributed by atoms with Crippen molar-refractivity contribution >= 4 is 16.7 Å². The molecule has 0 radical (unpaired) electrons. The van der Waals surface area contributed by atoms with Gasteiger partial charge in [0.1, 0.15) is 5.69 Å². The normalized spacial score (nSPS) is 10.7. The van der Waals surface area contributed by atoms with Gasteiger partial charge < -0.3 is 5.32 Å². The SMILES string of the molecule is CCNC(=O)c1cc2ccccc2c(=O)n1Cc1ccccc1. The molecule has 3 rings (SSSR count). The lowest BCUT2D eigenvalue weighted by Crippen LogP contribution is -2.32. The standard InChI is InChI=1S/C19H18N2O2/c1-2-20-18(22)17-12-15-10-6-7-11-16(15)19(23)21(17)13-14-8-4-3-5-9-14/h3-12H,2,13H2,1H3,(H,20,22). The summed E-state index contributed by atoms with van der Waals surface area (Å²) in [6, 6.07) is 18.8. The number of carbonyl (C=O) groups is 1. The third kappa shape index (κ3) is 3.01. The Hall–Kier alpha value is -2.88. The number of amides is 1. The lowest BCUT2D eigenvalue weighted by Gasteiger charge is -2.14. The van der Waals surface area contributed by atoms with Gasteiger partial charge in [0.25, 0.3) is 11.5 Å². The van der Waals surface area contributed by atoms with Crippen LogP contribution in [0, 0.1) is 0 Å². The minimum atomic E-state index is -0.230. The second-order valence-electron chi connectivity index (χ2n) is 5.35. The number of hydrogen-bond acceptors (Lipinski definition) is 2. The second-order valence-corrected chi connectivity index (χ2v) is 5.35. The van der Waals surface area contributed by atoms with Gasteiger partial charge in [-0.1, -0.05) is 48.5 Å². The van der Waals surface area contributed by atoms with Crippen molar-refractivity contribution in [2.45, 2.75) is 13.5 Å². The summed E-state index contributed by atoms with van der Waals surface area (Å²) in [4.78, 5) is 25.2. The molecule has 0 aliphatic rings. The van der Waals surface area contributed by atoms with Crippen LogP contribution in [0.5, 0.6) is 0 Å². The number of aromatic nitrogens is 1. The molecule has 0 spiro atoms. The third-order valence-corrected chi connectivity index (χ3v) is 3.77. The Morgan fingerprint density at radius 3 is 2.48 bits per heavy atom. The number of hydrogen-bond donors (Lipinski definition) is 1. The molecule has 4 nitrogen and oxygen atoms in total. The Bertz CT molecular complexity index is 898. The number of nitrogens with one attached hydrogen (secondary N) is 1. The van der Waals surface area contributed by atoms with E-state index >= 15 is 0 Å². The molecule has 2 aromatic carbocycles. The summed E-state index contributed by atoms with van der Waals surface area (Å²) in [7, 11) is 0. The van der Waals surface area contributed by atoms with Crippen molar-refractivity contribution in [3.63, 3.8) is 0 Å². The number of carbonyl (C=O) groups excluding carboxylic acids is 1. The molecule has 4 heteroatoms. The smallest absolute Gasteiger partial charge is 0.268 e. The van der Waals surface area contributed by atoms with Gasteiger partial charge in [-0.25, -0.2) is 0 Å². The zero-order chi connectivity index (χ0) is 16.2. The minimum Gasteiger partial charge on any atom is -0.351 e. The largest absolute Gasteiger partial charge is 0.351 e. The number of fused-ring (bicyclic) bond motifs is 1. The van der Waals surface area contributed by atoms with E-state index in [1.807, 2.05) is 55.5 Å². The molecule has 0 unspecified atom stereocenters. The van der Waals surface area contributed by atoms with Crippen LogP contribution in [0.2, 0.25) is 0 Å². The van der Waals surface area contributed by atoms with Gasteiger partial charge in [-0.3, -0.25) is 14.2 Å². The zero-order valence-corrected chi connectivity index (χ0v) is 13.0. The quantitative estimate of drug-likeness (QED) is 0.806. The predicted octanol–water partition coefficient (Wildman–Crippen LogP) is 2.80. The fourth-order valence-electron chi connectivity index (χ4n) is 2.66. The van der Waals surface area contributed by atoms with E-state index in [-0.39, 0.29) is 11.5 Å². The molecule has 1 N–H and O–H groups in total. The summed E-state index contributed by atoms with van der Waals surface area (Å²) in [5, 5.41) is 4.18. The van der Waals surface area contributed by atoms with Crippen LogP contribution in [0.1, 0.15) is 23.0 Å². The molecule has 0 atom stereocenters. The average Bonchev–Trinajstić information content (AvgIpc) is 2.58. The maximum Gasteiger partial charge on any atom is 0.268 e. The van der Waals surface area contributed by atoms with E-state index < -0.39 is 0 Å². The van der Waals surface area contributed by atoms with Crippen molar-refractivity contribution < 1.29 is 4.79 Å². The molecule has 0 fully saturated rings. The number of benzene rings is 2. The lowest BCUT2D eigenvalue weighted by atomic mass is 10.1. The minimum absolute atomic E-state index is 0.145. The Morgan fingerprint density at radius 1 is 1.04 bits per heavy atom. The summed E-state index contributed by atoms with van der Waals surface area (Å²) in [5.74, 6) is -0.230. The van der Waals surface area contributed by atoms with E-state index in [1.165, 1.54) is 0 Å². The maximum absolute atomic E-state index is 12.8. The molecule has 1 heterocycles. The van der Waals surface area contributed by atoms with E-state index in [0.717, 1.165) is 10.9 Å². The predicted molar refractivity (Wildman–Crippen MR) is 91.8 cm³/mol. The lowest BCUT2D eigenvalue weighted by molar-refractivity contribution is 0.0946. The van der Waals surface area contributed by atoms with Crippen molar-refractivity contribution in [1.29, 1.82) is 0 Å². The third-order valence-electron chi connectivity index (χ3n) is 3.77. The summed E-state index contributed by atoms with van der Waals surface area (Å²) >= 11 is 0. The van der Waals surface area contributed by atoms with Crippen LogP contribution >= 0.6 is 0 Å². The van der Waals surface area contributed by atoms with Gasteiger partial charge in [0.2, 0.25) is 0 Å². The summed E-state index contributed by atoms with van der Waals surface area (Å²) in [6.07, 6.45) is 0. The highest BCUT2D eigenvalue weighted by atomic mass is 16.2. The number of rotatable bonds is 4. The molecule has 23 heavy (non-hydrogen) atoms. The molecular weight excluding hydrogens is 288 g/mol. The van der Waals surface area contributed by atoms with Crippen molar-refractivity contribution in [2.75, 3.05) is 6.54 Å². The van der Waals surface area contributed by atoms with Crippen molar-refractivity contribution in [3.05, 3.63) is 82.3 Å². The van der Waals surface area contributed by atoms with E-state index in [4.69, 9.17) is 0 Å². The van der Waals surface area contributed by atoms with Gasteiger partial charge >= 0.3 is 0 Å². The van der Waals surface area contributed by atoms with Gasteiger partial charge in [0.05, 0.1) is 6.54 Å². The van der Waals surface area contributed by atoms with Crippen LogP contribution in [0.4, 0.5) is 0 Å². The van der Waals surface area contributed by atoms with Crippen LogP contribution in [0.15, 0.2) is 65.5 Å². The highest BCUT2D eigenvalue weighted by Gasteiger charge is 2.15. The fourth-order valence-corrected chi connectivity index (χ4v) is 2.66. The van der Waals surface area contributed by atoms with E-state index in [1.54, 1.807) is 16.7 Å². The van der Waals surface area contributed by atoms with E-state index in [2.05, 4.69) is 5.32 Å².